The van der Waals surface area contributed by atoms with Crippen LogP contribution >= 0.6 is 0 Å². The molecule has 1 N–H and O–H groups in total. The summed E-state index contributed by atoms with van der Waals surface area (Å²) in [6.07, 6.45) is 3.39. The van der Waals surface area contributed by atoms with Crippen LogP contribution in [0.4, 0.5) is 0 Å². The zero-order valence-electron chi connectivity index (χ0n) is 8.55. The Morgan fingerprint density at radius 2 is 2.08 bits per heavy atom. The van der Waals surface area contributed by atoms with E-state index in [9.17, 15) is 9.90 Å². The van der Waals surface area contributed by atoms with E-state index in [0.717, 1.165) is 19.3 Å². The van der Waals surface area contributed by atoms with Gasteiger partial charge in [0, 0.05) is 6.42 Å². The van der Waals surface area contributed by atoms with Crippen molar-refractivity contribution in [2.24, 2.45) is 0 Å². The summed E-state index contributed by atoms with van der Waals surface area (Å²) in [7, 11) is 0. The number of β-amino-alcohol motifs (C(OH)–C–C–N with tert-alkyl or cyclic N) is 1. The Labute approximate surface area is 79.7 Å². The van der Waals surface area contributed by atoms with Crippen LogP contribution in [-0.2, 0) is 4.79 Å². The van der Waals surface area contributed by atoms with Gasteiger partial charge in [0.2, 0.25) is 5.91 Å². The second kappa shape index (κ2) is 4.09. The van der Waals surface area contributed by atoms with E-state index >= 15 is 0 Å². The molecule has 0 spiro atoms. The van der Waals surface area contributed by atoms with Gasteiger partial charge in [-0.2, -0.15) is 0 Å². The molecule has 1 aliphatic rings. The lowest BCUT2D eigenvalue weighted by Crippen LogP contribution is -2.63. The minimum absolute atomic E-state index is 0.194. The van der Waals surface area contributed by atoms with E-state index in [1.165, 1.54) is 0 Å². The Kier molecular flexibility index (Phi) is 3.31. The molecule has 1 saturated heterocycles. The minimum Gasteiger partial charge on any atom is -0.386 e. The maximum absolute atomic E-state index is 11.4. The van der Waals surface area contributed by atoms with Gasteiger partial charge in [-0.25, -0.2) is 0 Å². The van der Waals surface area contributed by atoms with Gasteiger partial charge in [-0.3, -0.25) is 4.79 Å². The maximum atomic E-state index is 11.4. The van der Waals surface area contributed by atoms with Crippen molar-refractivity contribution in [2.75, 3.05) is 13.1 Å². The Bertz CT molecular complexity index is 185. The first-order valence-electron chi connectivity index (χ1n) is 5.11. The standard InChI is InChI=1S/C10H19NO2/c1-3-5-6-9(12)11-7-10(13,4-2)8-11/h13H,3-8H2,1-2H3. The summed E-state index contributed by atoms with van der Waals surface area (Å²) < 4.78 is 0. The smallest absolute Gasteiger partial charge is 0.222 e. The van der Waals surface area contributed by atoms with Crippen LogP contribution in [0.5, 0.6) is 0 Å². The molecule has 0 radical (unpaired) electrons. The molecule has 76 valence electrons. The molecule has 1 heterocycles. The van der Waals surface area contributed by atoms with Gasteiger partial charge in [-0.05, 0) is 12.8 Å². The van der Waals surface area contributed by atoms with Gasteiger partial charge in [-0.15, -0.1) is 0 Å². The molecule has 1 amide bonds. The van der Waals surface area contributed by atoms with E-state index in [1.54, 1.807) is 4.90 Å². The van der Waals surface area contributed by atoms with Crippen molar-refractivity contribution in [1.82, 2.24) is 4.90 Å². The van der Waals surface area contributed by atoms with Crippen molar-refractivity contribution < 1.29 is 9.90 Å². The average molecular weight is 185 g/mol. The van der Waals surface area contributed by atoms with Gasteiger partial charge in [0.05, 0.1) is 18.7 Å². The molecule has 0 aromatic rings. The normalized spacial score (nSPS) is 19.8. The van der Waals surface area contributed by atoms with Crippen LogP contribution in [0.2, 0.25) is 0 Å². The number of aliphatic hydroxyl groups is 1. The Morgan fingerprint density at radius 1 is 1.46 bits per heavy atom. The highest BCUT2D eigenvalue weighted by molar-refractivity contribution is 5.77. The molecule has 1 aliphatic heterocycles. The number of likely N-dealkylation sites (tertiary alicyclic amines) is 1. The predicted octanol–water partition coefficient (Wildman–Crippen LogP) is 1.16. The summed E-state index contributed by atoms with van der Waals surface area (Å²) in [5.74, 6) is 0.194. The third-order valence-electron chi connectivity index (χ3n) is 2.73. The van der Waals surface area contributed by atoms with Crippen LogP contribution in [0.1, 0.15) is 39.5 Å². The first-order valence-corrected chi connectivity index (χ1v) is 5.11. The number of hydrogen-bond acceptors (Lipinski definition) is 2. The zero-order chi connectivity index (χ0) is 9.90. The SMILES string of the molecule is CCCCC(=O)N1CC(O)(CC)C1. The fourth-order valence-electron chi connectivity index (χ4n) is 1.55. The van der Waals surface area contributed by atoms with E-state index in [0.29, 0.717) is 19.5 Å². The third-order valence-corrected chi connectivity index (χ3v) is 2.73. The first-order chi connectivity index (χ1) is 6.11. The molecule has 0 aromatic carbocycles. The number of nitrogens with zero attached hydrogens (tertiary/aromatic N) is 1. The van der Waals surface area contributed by atoms with Gasteiger partial charge in [-0.1, -0.05) is 20.3 Å². The predicted molar refractivity (Wildman–Crippen MR) is 51.3 cm³/mol. The van der Waals surface area contributed by atoms with E-state index in [2.05, 4.69) is 6.92 Å². The lowest BCUT2D eigenvalue weighted by atomic mass is 9.91. The molecule has 0 atom stereocenters. The topological polar surface area (TPSA) is 40.5 Å². The molecule has 1 rings (SSSR count). The van der Waals surface area contributed by atoms with Crippen molar-refractivity contribution in [2.45, 2.75) is 45.1 Å². The highest BCUT2D eigenvalue weighted by Crippen LogP contribution is 2.24. The van der Waals surface area contributed by atoms with E-state index in [4.69, 9.17) is 0 Å². The molecule has 3 heteroatoms. The number of carbonyl (C=O) groups excluding carboxylic acids is 1. The number of amides is 1. The molecule has 0 aliphatic carbocycles. The minimum atomic E-state index is -0.581. The second-order valence-corrected chi connectivity index (χ2v) is 3.93. The number of unbranched alkanes of at least 4 members (excludes halogenated alkanes) is 1. The van der Waals surface area contributed by atoms with Crippen LogP contribution in [0.15, 0.2) is 0 Å². The van der Waals surface area contributed by atoms with Crippen LogP contribution in [0, 0.1) is 0 Å². The monoisotopic (exact) mass is 185 g/mol. The number of carbonyl (C=O) groups is 1. The van der Waals surface area contributed by atoms with Crippen molar-refractivity contribution in [1.29, 1.82) is 0 Å². The van der Waals surface area contributed by atoms with Gasteiger partial charge >= 0.3 is 0 Å². The van der Waals surface area contributed by atoms with Crippen LogP contribution in [-0.4, -0.2) is 34.6 Å². The second-order valence-electron chi connectivity index (χ2n) is 3.93. The van der Waals surface area contributed by atoms with E-state index < -0.39 is 5.60 Å². The molecule has 0 unspecified atom stereocenters. The van der Waals surface area contributed by atoms with Gasteiger partial charge in [0.1, 0.15) is 0 Å². The fourth-order valence-corrected chi connectivity index (χ4v) is 1.55. The van der Waals surface area contributed by atoms with Crippen molar-refractivity contribution in [3.05, 3.63) is 0 Å². The van der Waals surface area contributed by atoms with Gasteiger partial charge in [0.15, 0.2) is 0 Å². The highest BCUT2D eigenvalue weighted by atomic mass is 16.3. The molecular weight excluding hydrogens is 166 g/mol. The lowest BCUT2D eigenvalue weighted by Gasteiger charge is -2.46. The van der Waals surface area contributed by atoms with Crippen LogP contribution < -0.4 is 0 Å². The fraction of sp³-hybridized carbons (Fsp3) is 0.900. The molecule has 1 fully saturated rings. The Hall–Kier alpha value is -0.570. The summed E-state index contributed by atoms with van der Waals surface area (Å²) in [6.45, 7) is 5.09. The van der Waals surface area contributed by atoms with E-state index in [-0.39, 0.29) is 5.91 Å². The molecule has 3 nitrogen and oxygen atoms in total. The number of rotatable bonds is 4. The molecule has 0 saturated carbocycles. The lowest BCUT2D eigenvalue weighted by molar-refractivity contribution is -0.155. The summed E-state index contributed by atoms with van der Waals surface area (Å²) in [4.78, 5) is 13.2. The van der Waals surface area contributed by atoms with Gasteiger partial charge in [0.25, 0.3) is 0 Å². The summed E-state index contributed by atoms with van der Waals surface area (Å²) in [5.41, 5.74) is -0.581. The molecule has 13 heavy (non-hydrogen) atoms. The largest absolute Gasteiger partial charge is 0.386 e. The zero-order valence-corrected chi connectivity index (χ0v) is 8.55. The summed E-state index contributed by atoms with van der Waals surface area (Å²) >= 11 is 0. The van der Waals surface area contributed by atoms with Crippen LogP contribution in [0.25, 0.3) is 0 Å². The Balaban J connectivity index is 2.23. The van der Waals surface area contributed by atoms with Crippen molar-refractivity contribution >= 4 is 5.91 Å². The molecule has 0 bridgehead atoms. The third kappa shape index (κ3) is 2.44. The molecule has 0 aromatic heterocycles. The summed E-state index contributed by atoms with van der Waals surface area (Å²) in [5, 5.41) is 9.67. The van der Waals surface area contributed by atoms with Gasteiger partial charge < -0.3 is 10.0 Å². The molecular formula is C10H19NO2. The van der Waals surface area contributed by atoms with Crippen molar-refractivity contribution in [3.8, 4) is 0 Å². The maximum Gasteiger partial charge on any atom is 0.222 e. The summed E-state index contributed by atoms with van der Waals surface area (Å²) in [6, 6.07) is 0. The quantitative estimate of drug-likeness (QED) is 0.714. The highest BCUT2D eigenvalue weighted by Gasteiger charge is 2.41. The Morgan fingerprint density at radius 3 is 2.54 bits per heavy atom. The number of hydrogen-bond donors (Lipinski definition) is 1. The van der Waals surface area contributed by atoms with Crippen molar-refractivity contribution in [3.63, 3.8) is 0 Å². The van der Waals surface area contributed by atoms with Crippen LogP contribution in [0.3, 0.4) is 0 Å². The van der Waals surface area contributed by atoms with E-state index in [1.807, 2.05) is 6.92 Å². The average Bonchev–Trinajstić information content (AvgIpc) is 2.09. The first kappa shape index (κ1) is 10.5.